The minimum Gasteiger partial charge on any atom is -0.349 e. The average Bonchev–Trinajstić information content (AvgIpc) is 2.82. The third-order valence-corrected chi connectivity index (χ3v) is 3.86. The van der Waals surface area contributed by atoms with Gasteiger partial charge in [0.05, 0.1) is 12.1 Å². The number of hydrogen-bond donors (Lipinski definition) is 3. The van der Waals surface area contributed by atoms with E-state index in [9.17, 15) is 4.79 Å². The minimum absolute atomic E-state index is 0. The van der Waals surface area contributed by atoms with Crippen LogP contribution in [-0.2, 0) is 0 Å². The topological polar surface area (TPSA) is 91.3 Å². The summed E-state index contributed by atoms with van der Waals surface area (Å²) in [6, 6.07) is 0. The fourth-order valence-corrected chi connectivity index (χ4v) is 2.65. The van der Waals surface area contributed by atoms with Crippen LogP contribution in [0.2, 0.25) is 5.15 Å². The molecule has 21 heavy (non-hydrogen) atoms. The van der Waals surface area contributed by atoms with E-state index >= 15 is 0 Å². The molecule has 1 fully saturated rings. The number of nitrogens with zero attached hydrogens (tertiary/aromatic N) is 3. The van der Waals surface area contributed by atoms with Gasteiger partial charge in [0.1, 0.15) is 0 Å². The largest absolute Gasteiger partial charge is 0.349 e. The summed E-state index contributed by atoms with van der Waals surface area (Å²) in [6.07, 6.45) is 4.84. The Balaban J connectivity index is 0.00000161. The molecule has 2 aliphatic heterocycles. The van der Waals surface area contributed by atoms with Crippen molar-refractivity contribution in [1.82, 2.24) is 25.9 Å². The first-order valence-corrected chi connectivity index (χ1v) is 6.88. The van der Waals surface area contributed by atoms with Crippen LogP contribution in [0.4, 0.5) is 0 Å². The number of amides is 1. The molecule has 3 heterocycles. The lowest BCUT2D eigenvalue weighted by Crippen LogP contribution is -2.55. The second-order valence-electron chi connectivity index (χ2n) is 4.97. The lowest BCUT2D eigenvalue weighted by Gasteiger charge is -2.33. The highest BCUT2D eigenvalue weighted by molar-refractivity contribution is 6.32. The van der Waals surface area contributed by atoms with E-state index in [0.717, 1.165) is 25.9 Å². The van der Waals surface area contributed by atoms with Crippen molar-refractivity contribution in [3.63, 3.8) is 0 Å². The molecule has 0 aromatic carbocycles. The number of nitrogens with one attached hydrogen (secondary N) is 3. The number of aromatic nitrogens is 2. The first-order chi connectivity index (χ1) is 9.69. The third kappa shape index (κ3) is 3.42. The Kier molecular flexibility index (Phi) is 4.97. The van der Waals surface area contributed by atoms with E-state index in [1.54, 1.807) is 0 Å². The molecule has 1 aromatic rings. The standard InChI is InChI=1S/C12H15ClN6O.ClH/c13-9-8(15-5-6-16-9)10(20)18-11-17-7-12(19-11)1-3-14-4-2-12;/h5-6,14H,1-4,7H2,(H2,17,18,19,20);1H. The number of carbonyl (C=O) groups excluding carboxylic acids is 1. The van der Waals surface area contributed by atoms with Crippen LogP contribution >= 0.6 is 24.0 Å². The van der Waals surface area contributed by atoms with E-state index in [4.69, 9.17) is 11.6 Å². The Morgan fingerprint density at radius 2 is 2.00 bits per heavy atom. The highest BCUT2D eigenvalue weighted by Gasteiger charge is 2.37. The van der Waals surface area contributed by atoms with Gasteiger partial charge in [0.15, 0.2) is 16.8 Å². The van der Waals surface area contributed by atoms with Crippen LogP contribution in [0.5, 0.6) is 0 Å². The number of rotatable bonds is 1. The van der Waals surface area contributed by atoms with E-state index in [1.165, 1.54) is 12.4 Å². The fraction of sp³-hybridized carbons (Fsp3) is 0.500. The van der Waals surface area contributed by atoms with E-state index in [-0.39, 0.29) is 28.8 Å². The Morgan fingerprint density at radius 1 is 1.29 bits per heavy atom. The molecule has 2 aliphatic rings. The van der Waals surface area contributed by atoms with Crippen molar-refractivity contribution in [2.75, 3.05) is 19.6 Å². The molecule has 0 radical (unpaired) electrons. The normalized spacial score (nSPS) is 19.4. The number of carbonyl (C=O) groups is 1. The molecule has 7 nitrogen and oxygen atoms in total. The second-order valence-corrected chi connectivity index (χ2v) is 5.33. The molecule has 0 saturated carbocycles. The lowest BCUT2D eigenvalue weighted by atomic mass is 9.89. The van der Waals surface area contributed by atoms with Crippen molar-refractivity contribution in [3.05, 3.63) is 23.2 Å². The van der Waals surface area contributed by atoms with Crippen molar-refractivity contribution in [2.24, 2.45) is 4.99 Å². The summed E-state index contributed by atoms with van der Waals surface area (Å²) in [5, 5.41) is 9.41. The van der Waals surface area contributed by atoms with Crippen molar-refractivity contribution in [2.45, 2.75) is 18.4 Å². The fourth-order valence-electron chi connectivity index (χ4n) is 2.46. The highest BCUT2D eigenvalue weighted by Crippen LogP contribution is 2.22. The zero-order valence-electron chi connectivity index (χ0n) is 11.2. The first kappa shape index (κ1) is 15.9. The molecule has 1 aromatic heterocycles. The number of aliphatic imine (C=N–C) groups is 1. The van der Waals surface area contributed by atoms with Gasteiger partial charge in [0.2, 0.25) is 0 Å². The van der Waals surface area contributed by atoms with Gasteiger partial charge in [-0.25, -0.2) is 9.97 Å². The van der Waals surface area contributed by atoms with Crippen LogP contribution < -0.4 is 16.0 Å². The lowest BCUT2D eigenvalue weighted by molar-refractivity contribution is 0.0970. The predicted octanol–water partition coefficient (Wildman–Crippen LogP) is 0.363. The van der Waals surface area contributed by atoms with Crippen LogP contribution in [-0.4, -0.2) is 47.0 Å². The third-order valence-electron chi connectivity index (χ3n) is 3.58. The van der Waals surface area contributed by atoms with Gasteiger partial charge in [-0.3, -0.25) is 15.1 Å². The van der Waals surface area contributed by atoms with Gasteiger partial charge >= 0.3 is 0 Å². The summed E-state index contributed by atoms with van der Waals surface area (Å²) < 4.78 is 0. The van der Waals surface area contributed by atoms with E-state index in [2.05, 4.69) is 30.9 Å². The summed E-state index contributed by atoms with van der Waals surface area (Å²) in [7, 11) is 0. The quantitative estimate of drug-likeness (QED) is 0.691. The Morgan fingerprint density at radius 3 is 2.71 bits per heavy atom. The van der Waals surface area contributed by atoms with Gasteiger partial charge in [0, 0.05) is 12.4 Å². The highest BCUT2D eigenvalue weighted by atomic mass is 35.5. The second kappa shape index (κ2) is 6.55. The molecule has 3 rings (SSSR count). The van der Waals surface area contributed by atoms with Gasteiger partial charge < -0.3 is 10.6 Å². The van der Waals surface area contributed by atoms with Crippen LogP contribution in [0, 0.1) is 0 Å². The molecule has 0 aliphatic carbocycles. The summed E-state index contributed by atoms with van der Waals surface area (Å²) >= 11 is 5.84. The van der Waals surface area contributed by atoms with Gasteiger partial charge in [0.25, 0.3) is 5.91 Å². The zero-order valence-corrected chi connectivity index (χ0v) is 12.8. The number of guanidine groups is 1. The van der Waals surface area contributed by atoms with Crippen LogP contribution in [0.3, 0.4) is 0 Å². The Labute approximate surface area is 133 Å². The predicted molar refractivity (Wildman–Crippen MR) is 82.0 cm³/mol. The maximum atomic E-state index is 12.1. The molecular formula is C12H16Cl2N6O. The number of piperidine rings is 1. The molecule has 1 amide bonds. The summed E-state index contributed by atoms with van der Waals surface area (Å²) in [5.41, 5.74) is 0.0740. The molecule has 0 unspecified atom stereocenters. The smallest absolute Gasteiger partial charge is 0.279 e. The summed E-state index contributed by atoms with van der Waals surface area (Å²) in [4.78, 5) is 24.2. The first-order valence-electron chi connectivity index (χ1n) is 6.50. The summed E-state index contributed by atoms with van der Waals surface area (Å²) in [5.74, 6) is 0.0824. The monoisotopic (exact) mass is 330 g/mol. The van der Waals surface area contributed by atoms with Crippen LogP contribution in [0.25, 0.3) is 0 Å². The van der Waals surface area contributed by atoms with Gasteiger partial charge in [-0.15, -0.1) is 12.4 Å². The van der Waals surface area contributed by atoms with Crippen LogP contribution in [0.15, 0.2) is 17.4 Å². The molecular weight excluding hydrogens is 315 g/mol. The zero-order chi connectivity index (χ0) is 14.0. The van der Waals surface area contributed by atoms with Gasteiger partial charge in [-0.2, -0.15) is 0 Å². The molecule has 3 N–H and O–H groups in total. The van der Waals surface area contributed by atoms with Gasteiger partial charge in [-0.05, 0) is 25.9 Å². The van der Waals surface area contributed by atoms with Gasteiger partial charge in [-0.1, -0.05) is 11.6 Å². The average molecular weight is 331 g/mol. The van der Waals surface area contributed by atoms with Crippen molar-refractivity contribution in [1.29, 1.82) is 0 Å². The molecule has 114 valence electrons. The molecule has 9 heteroatoms. The maximum absolute atomic E-state index is 12.1. The Bertz CT molecular complexity index is 558. The number of halogens is 2. The summed E-state index contributed by atoms with van der Waals surface area (Å²) in [6.45, 7) is 2.60. The van der Waals surface area contributed by atoms with Crippen molar-refractivity contribution in [3.8, 4) is 0 Å². The molecule has 0 bridgehead atoms. The minimum atomic E-state index is -0.402. The maximum Gasteiger partial charge on any atom is 0.279 e. The molecule has 0 atom stereocenters. The Hall–Kier alpha value is -1.44. The molecule has 1 spiro atoms. The van der Waals surface area contributed by atoms with E-state index < -0.39 is 5.91 Å². The van der Waals surface area contributed by atoms with E-state index in [0.29, 0.717) is 12.5 Å². The SMILES string of the molecule is Cl.O=C(NC1=NCC2(CCNCC2)N1)c1nccnc1Cl. The van der Waals surface area contributed by atoms with Crippen molar-refractivity contribution < 1.29 is 4.79 Å². The van der Waals surface area contributed by atoms with Crippen molar-refractivity contribution >= 4 is 35.9 Å². The number of hydrogen-bond acceptors (Lipinski definition) is 6. The molecule has 1 saturated heterocycles. The van der Waals surface area contributed by atoms with Crippen LogP contribution in [0.1, 0.15) is 23.3 Å². The van der Waals surface area contributed by atoms with E-state index in [1.807, 2.05) is 0 Å².